The Bertz CT molecular complexity index is 1780. The number of methoxy groups -OCH3 is 1. The van der Waals surface area contributed by atoms with Gasteiger partial charge in [0.1, 0.15) is 24.2 Å². The van der Waals surface area contributed by atoms with Gasteiger partial charge < -0.3 is 15.0 Å². The van der Waals surface area contributed by atoms with E-state index in [-0.39, 0.29) is 41.1 Å². The predicted octanol–water partition coefficient (Wildman–Crippen LogP) is 6.43. The number of aryl methyl sites for hydroxylation is 1. The van der Waals surface area contributed by atoms with Crippen molar-refractivity contribution in [2.45, 2.75) is 69.0 Å². The Balaban J connectivity index is 1.57. The first-order valence-corrected chi connectivity index (χ1v) is 17.7. The fourth-order valence-electron chi connectivity index (χ4n) is 6.02. The third kappa shape index (κ3) is 8.60. The van der Waals surface area contributed by atoms with Gasteiger partial charge >= 0.3 is 0 Å². The lowest BCUT2D eigenvalue weighted by Gasteiger charge is -2.35. The van der Waals surface area contributed by atoms with Crippen molar-refractivity contribution in [3.05, 3.63) is 126 Å². The minimum atomic E-state index is -4.26. The van der Waals surface area contributed by atoms with Crippen molar-refractivity contribution in [1.29, 1.82) is 0 Å². The van der Waals surface area contributed by atoms with E-state index in [0.717, 1.165) is 47.5 Å². The summed E-state index contributed by atoms with van der Waals surface area (Å²) in [5, 5.41) is 3.16. The number of carbonyl (C=O) groups excluding carboxylic acids is 2. The van der Waals surface area contributed by atoms with Crippen LogP contribution in [0, 0.1) is 12.7 Å². The molecule has 4 aromatic carbocycles. The number of halogens is 1. The Labute approximate surface area is 282 Å². The van der Waals surface area contributed by atoms with E-state index in [4.69, 9.17) is 4.74 Å². The highest BCUT2D eigenvalue weighted by atomic mass is 32.2. The lowest BCUT2D eigenvalue weighted by molar-refractivity contribution is -0.140. The molecule has 4 aromatic rings. The topological polar surface area (TPSA) is 96.0 Å². The number of benzene rings is 4. The molecule has 2 amide bonds. The summed E-state index contributed by atoms with van der Waals surface area (Å²) >= 11 is 0. The molecule has 1 saturated carbocycles. The van der Waals surface area contributed by atoms with Gasteiger partial charge in [-0.1, -0.05) is 85.5 Å². The molecule has 0 bridgehead atoms. The number of hydrogen-bond acceptors (Lipinski definition) is 5. The molecule has 0 heterocycles. The summed E-state index contributed by atoms with van der Waals surface area (Å²) in [5.74, 6) is -1.01. The van der Waals surface area contributed by atoms with E-state index in [2.05, 4.69) is 5.32 Å². The standard InChI is InChI=1S/C38H42FN3O5S/c1-28-17-23-34(24-18-28)48(45,46)42(32-19-21-33(47-2)22-20-32)27-37(43)41(26-30-13-9-10-16-35(30)39)36(25-29-11-5-3-6-12-29)38(44)40-31-14-7-4-8-15-31/h3,5-6,9-13,16-24,31,36H,4,7-8,14-15,25-27H2,1-2H3,(H,40,44)/t36-/m1/s1. The highest BCUT2D eigenvalue weighted by molar-refractivity contribution is 7.92. The van der Waals surface area contributed by atoms with Gasteiger partial charge in [0.05, 0.1) is 17.7 Å². The summed E-state index contributed by atoms with van der Waals surface area (Å²) in [6.45, 7) is 0.994. The molecular weight excluding hydrogens is 629 g/mol. The van der Waals surface area contributed by atoms with Crippen LogP contribution in [0.5, 0.6) is 5.75 Å². The predicted molar refractivity (Wildman–Crippen MR) is 185 cm³/mol. The van der Waals surface area contributed by atoms with Gasteiger partial charge in [-0.15, -0.1) is 0 Å². The second-order valence-electron chi connectivity index (χ2n) is 12.2. The molecule has 10 heteroatoms. The largest absolute Gasteiger partial charge is 0.497 e. The zero-order valence-electron chi connectivity index (χ0n) is 27.3. The first-order chi connectivity index (χ1) is 23.2. The van der Waals surface area contributed by atoms with E-state index in [0.29, 0.717) is 5.75 Å². The van der Waals surface area contributed by atoms with Gasteiger partial charge in [-0.25, -0.2) is 12.8 Å². The minimum Gasteiger partial charge on any atom is -0.497 e. The quantitative estimate of drug-likeness (QED) is 0.177. The van der Waals surface area contributed by atoms with Crippen LogP contribution in [-0.2, 0) is 32.6 Å². The molecule has 1 fully saturated rings. The van der Waals surface area contributed by atoms with Gasteiger partial charge in [0.2, 0.25) is 11.8 Å². The molecule has 252 valence electrons. The monoisotopic (exact) mass is 671 g/mol. The lowest BCUT2D eigenvalue weighted by atomic mass is 9.94. The van der Waals surface area contributed by atoms with Crippen LogP contribution < -0.4 is 14.4 Å². The normalized spacial score (nSPS) is 14.1. The molecule has 0 radical (unpaired) electrons. The maximum atomic E-state index is 15.2. The third-order valence-corrected chi connectivity index (χ3v) is 10.6. The summed E-state index contributed by atoms with van der Waals surface area (Å²) in [5.41, 5.74) is 2.14. The van der Waals surface area contributed by atoms with Crippen LogP contribution in [0.3, 0.4) is 0 Å². The molecule has 0 unspecified atom stereocenters. The Morgan fingerprint density at radius 1 is 0.875 bits per heavy atom. The van der Waals surface area contributed by atoms with E-state index in [1.54, 1.807) is 54.6 Å². The smallest absolute Gasteiger partial charge is 0.264 e. The maximum Gasteiger partial charge on any atom is 0.264 e. The summed E-state index contributed by atoms with van der Waals surface area (Å²) in [6.07, 6.45) is 4.94. The SMILES string of the molecule is COc1ccc(N(CC(=O)N(Cc2ccccc2F)[C@H](Cc2ccccc2)C(=O)NC2CCCCC2)S(=O)(=O)c2ccc(C)cc2)cc1. The minimum absolute atomic E-state index is 0.00764. The number of sulfonamides is 1. The Morgan fingerprint density at radius 3 is 2.17 bits per heavy atom. The van der Waals surface area contributed by atoms with Gasteiger partial charge in [0, 0.05) is 24.6 Å². The fraction of sp³-hybridized carbons (Fsp3) is 0.316. The molecule has 48 heavy (non-hydrogen) atoms. The van der Waals surface area contributed by atoms with Crippen LogP contribution in [-0.4, -0.2) is 50.9 Å². The third-order valence-electron chi connectivity index (χ3n) is 8.77. The Morgan fingerprint density at radius 2 is 1.52 bits per heavy atom. The van der Waals surface area contributed by atoms with Gasteiger partial charge in [-0.05, 0) is 67.8 Å². The van der Waals surface area contributed by atoms with Crippen molar-refractivity contribution in [2.24, 2.45) is 0 Å². The molecular formula is C38H42FN3O5S. The van der Waals surface area contributed by atoms with Crippen molar-refractivity contribution in [2.75, 3.05) is 18.0 Å². The first kappa shape index (κ1) is 34.6. The number of rotatable bonds is 13. The zero-order chi connectivity index (χ0) is 34.1. The number of anilines is 1. The van der Waals surface area contributed by atoms with E-state index >= 15 is 4.39 Å². The molecule has 1 atom stereocenters. The first-order valence-electron chi connectivity index (χ1n) is 16.3. The Hall–Kier alpha value is -4.70. The molecule has 0 saturated heterocycles. The van der Waals surface area contributed by atoms with Crippen molar-refractivity contribution in [3.8, 4) is 5.75 Å². The van der Waals surface area contributed by atoms with Crippen LogP contribution in [0.4, 0.5) is 10.1 Å². The second kappa shape index (κ2) is 15.9. The van der Waals surface area contributed by atoms with E-state index in [9.17, 15) is 18.0 Å². The van der Waals surface area contributed by atoms with E-state index < -0.39 is 34.3 Å². The van der Waals surface area contributed by atoms with Gasteiger partial charge in [0.25, 0.3) is 10.0 Å². The lowest BCUT2D eigenvalue weighted by Crippen LogP contribution is -2.55. The van der Waals surface area contributed by atoms with Gasteiger partial charge in [-0.2, -0.15) is 0 Å². The van der Waals surface area contributed by atoms with Gasteiger partial charge in [0.15, 0.2) is 0 Å². The van der Waals surface area contributed by atoms with Crippen LogP contribution in [0.2, 0.25) is 0 Å². The summed E-state index contributed by atoms with van der Waals surface area (Å²) in [7, 11) is -2.75. The average Bonchev–Trinajstić information content (AvgIpc) is 3.10. The number of hydrogen-bond donors (Lipinski definition) is 1. The molecule has 8 nitrogen and oxygen atoms in total. The van der Waals surface area contributed by atoms with Crippen LogP contribution in [0.25, 0.3) is 0 Å². The van der Waals surface area contributed by atoms with Crippen molar-refractivity contribution in [3.63, 3.8) is 0 Å². The van der Waals surface area contributed by atoms with Crippen molar-refractivity contribution < 1.29 is 27.1 Å². The number of ether oxygens (including phenoxy) is 1. The molecule has 1 aliphatic rings. The molecule has 0 aliphatic heterocycles. The van der Waals surface area contributed by atoms with E-state index in [1.807, 2.05) is 37.3 Å². The number of carbonyl (C=O) groups is 2. The second-order valence-corrected chi connectivity index (χ2v) is 14.0. The fourth-order valence-corrected chi connectivity index (χ4v) is 7.44. The molecule has 1 aliphatic carbocycles. The van der Waals surface area contributed by atoms with Gasteiger partial charge in [-0.3, -0.25) is 13.9 Å². The van der Waals surface area contributed by atoms with Crippen LogP contribution in [0.1, 0.15) is 48.8 Å². The summed E-state index contributed by atoms with van der Waals surface area (Å²) in [6, 6.07) is 27.1. The Kier molecular flexibility index (Phi) is 11.5. The average molecular weight is 672 g/mol. The summed E-state index contributed by atoms with van der Waals surface area (Å²) < 4.78 is 49.9. The highest BCUT2D eigenvalue weighted by Crippen LogP contribution is 2.28. The number of nitrogens with one attached hydrogen (secondary N) is 1. The maximum absolute atomic E-state index is 15.2. The highest BCUT2D eigenvalue weighted by Gasteiger charge is 2.35. The van der Waals surface area contributed by atoms with Crippen LogP contribution in [0.15, 0.2) is 108 Å². The molecule has 1 N–H and O–H groups in total. The number of amides is 2. The molecule has 0 spiro atoms. The van der Waals surface area contributed by atoms with Crippen LogP contribution >= 0.6 is 0 Å². The van der Waals surface area contributed by atoms with Crippen molar-refractivity contribution in [1.82, 2.24) is 10.2 Å². The summed E-state index contributed by atoms with van der Waals surface area (Å²) in [4.78, 5) is 30.1. The number of nitrogens with zero attached hydrogens (tertiary/aromatic N) is 2. The van der Waals surface area contributed by atoms with Crippen molar-refractivity contribution >= 4 is 27.5 Å². The zero-order valence-corrected chi connectivity index (χ0v) is 28.2. The molecule has 0 aromatic heterocycles. The molecule has 5 rings (SSSR count). The van der Waals surface area contributed by atoms with E-state index in [1.165, 1.54) is 30.2 Å².